The molecule has 5 aromatic rings. The van der Waals surface area contributed by atoms with Crippen LogP contribution in [-0.4, -0.2) is 76.8 Å². The van der Waals surface area contributed by atoms with Gasteiger partial charge in [-0.05, 0) is 31.0 Å². The second-order valence-electron chi connectivity index (χ2n) is 11.4. The Hall–Kier alpha value is -4.75. The van der Waals surface area contributed by atoms with Gasteiger partial charge in [0, 0.05) is 67.4 Å². The normalized spacial score (nSPS) is 16.5. The van der Waals surface area contributed by atoms with E-state index in [1.54, 1.807) is 6.26 Å². The lowest BCUT2D eigenvalue weighted by atomic mass is 10.0. The van der Waals surface area contributed by atoms with E-state index in [0.29, 0.717) is 30.3 Å². The molecule has 7 heteroatoms. The Kier molecular flexibility index (Phi) is 7.47. The number of hydrogen-bond acceptors (Lipinski definition) is 5. The lowest BCUT2D eigenvalue weighted by molar-refractivity contribution is 0.0412. The molecule has 4 heterocycles. The molecular formula is C36H34N4O3. The molecule has 0 aliphatic carbocycles. The number of hydrogen-bond donors (Lipinski definition) is 0. The minimum Gasteiger partial charge on any atom is -0.463 e. The first-order valence-electron chi connectivity index (χ1n) is 15.1. The molecule has 2 fully saturated rings. The van der Waals surface area contributed by atoms with E-state index in [-0.39, 0.29) is 11.8 Å². The maximum Gasteiger partial charge on any atom is 0.257 e. The number of fused-ring (bicyclic) bond motifs is 1. The number of furan rings is 1. The molecule has 0 atom stereocenters. The van der Waals surface area contributed by atoms with Crippen LogP contribution in [0.2, 0.25) is 0 Å². The summed E-state index contributed by atoms with van der Waals surface area (Å²) in [7, 11) is 0. The number of benzene rings is 3. The van der Waals surface area contributed by atoms with Gasteiger partial charge in [-0.15, -0.1) is 0 Å². The van der Waals surface area contributed by atoms with Gasteiger partial charge in [0.15, 0.2) is 0 Å². The summed E-state index contributed by atoms with van der Waals surface area (Å²) in [6.07, 6.45) is 3.45. The van der Waals surface area contributed by atoms with Gasteiger partial charge < -0.3 is 14.2 Å². The van der Waals surface area contributed by atoms with E-state index in [1.807, 2.05) is 107 Å². The Balaban J connectivity index is 0.999. The molecule has 3 aromatic carbocycles. The molecule has 0 spiro atoms. The molecule has 7 nitrogen and oxygen atoms in total. The highest BCUT2D eigenvalue weighted by Crippen LogP contribution is 2.28. The summed E-state index contributed by atoms with van der Waals surface area (Å²) in [5, 5.41) is 0.872. The van der Waals surface area contributed by atoms with E-state index in [4.69, 9.17) is 9.40 Å². The first kappa shape index (κ1) is 27.1. The number of pyridine rings is 1. The number of carbonyl (C=O) groups excluding carboxylic acids is 2. The number of amides is 2. The topological polar surface area (TPSA) is 69.9 Å². The molecule has 2 amide bonds. The van der Waals surface area contributed by atoms with E-state index < -0.39 is 0 Å². The predicted molar refractivity (Wildman–Crippen MR) is 168 cm³/mol. The van der Waals surface area contributed by atoms with Crippen molar-refractivity contribution >= 4 is 22.8 Å². The van der Waals surface area contributed by atoms with Crippen molar-refractivity contribution in [1.29, 1.82) is 0 Å². The monoisotopic (exact) mass is 570 g/mol. The lowest BCUT2D eigenvalue weighted by Gasteiger charge is -2.42. The number of likely N-dealkylation sites (tertiary alicyclic amines) is 1. The quantitative estimate of drug-likeness (QED) is 0.251. The van der Waals surface area contributed by atoms with Crippen molar-refractivity contribution in [2.24, 2.45) is 0 Å². The van der Waals surface area contributed by atoms with Crippen LogP contribution in [0.1, 0.15) is 33.6 Å². The maximum absolute atomic E-state index is 13.8. The Morgan fingerprint density at radius 3 is 1.84 bits per heavy atom. The fraction of sp³-hybridized carbons (Fsp3) is 0.250. The molecule has 0 bridgehead atoms. The minimum atomic E-state index is 0.0425. The number of piperidine rings is 1. The average Bonchev–Trinajstić information content (AvgIpc) is 3.53. The molecule has 0 saturated carbocycles. The van der Waals surface area contributed by atoms with E-state index in [9.17, 15) is 9.59 Å². The third-order valence-corrected chi connectivity index (χ3v) is 8.79. The van der Waals surface area contributed by atoms with Gasteiger partial charge in [0.25, 0.3) is 11.8 Å². The first-order chi connectivity index (χ1) is 21.1. The van der Waals surface area contributed by atoms with E-state index >= 15 is 0 Å². The third-order valence-electron chi connectivity index (χ3n) is 8.79. The molecule has 2 aliphatic heterocycles. The van der Waals surface area contributed by atoms with Crippen molar-refractivity contribution in [1.82, 2.24) is 19.7 Å². The van der Waals surface area contributed by atoms with E-state index in [2.05, 4.69) is 4.90 Å². The van der Waals surface area contributed by atoms with Crippen molar-refractivity contribution in [2.45, 2.75) is 18.9 Å². The van der Waals surface area contributed by atoms with Gasteiger partial charge in [-0.2, -0.15) is 0 Å². The van der Waals surface area contributed by atoms with Crippen LogP contribution in [0.4, 0.5) is 0 Å². The van der Waals surface area contributed by atoms with Crippen LogP contribution in [0.25, 0.3) is 33.5 Å². The minimum absolute atomic E-state index is 0.0425. The van der Waals surface area contributed by atoms with Crippen LogP contribution >= 0.6 is 0 Å². The van der Waals surface area contributed by atoms with Crippen LogP contribution in [0.15, 0.2) is 108 Å². The third kappa shape index (κ3) is 5.56. The predicted octanol–water partition coefficient (Wildman–Crippen LogP) is 6.22. The largest absolute Gasteiger partial charge is 0.463 e. The summed E-state index contributed by atoms with van der Waals surface area (Å²) in [5.74, 6) is 0.0880. The number of piperazine rings is 1. The van der Waals surface area contributed by atoms with Gasteiger partial charge in [0.05, 0.1) is 17.0 Å². The lowest BCUT2D eigenvalue weighted by Crippen LogP contribution is -2.54. The van der Waals surface area contributed by atoms with Gasteiger partial charge >= 0.3 is 0 Å². The summed E-state index contributed by atoms with van der Waals surface area (Å²) in [6.45, 7) is 4.48. The summed E-state index contributed by atoms with van der Waals surface area (Å²) in [4.78, 5) is 38.4. The van der Waals surface area contributed by atoms with Crippen molar-refractivity contribution in [3.8, 4) is 22.5 Å². The van der Waals surface area contributed by atoms with Crippen LogP contribution in [-0.2, 0) is 0 Å². The molecule has 0 radical (unpaired) electrons. The van der Waals surface area contributed by atoms with Gasteiger partial charge in [-0.1, -0.05) is 78.9 Å². The number of carbonyl (C=O) groups is 2. The second kappa shape index (κ2) is 11.9. The molecule has 0 N–H and O–H groups in total. The molecular weight excluding hydrogens is 536 g/mol. The highest BCUT2D eigenvalue weighted by Gasteiger charge is 2.31. The molecule has 2 aliphatic rings. The standard InChI is InChI=1S/C36H34N4O3/c41-35(28-23-32(26-9-3-1-4-10-26)37-33(24-28)27-11-5-2-6-12-27)40-21-19-38(20-22-40)29-15-17-39(18-16-29)36(42)31-25-43-34-14-8-7-13-30(31)34/h1-14,23-25,29H,15-22H2. The summed E-state index contributed by atoms with van der Waals surface area (Å²) in [6, 6.07) is 32.0. The number of para-hydroxylation sites is 1. The molecule has 43 heavy (non-hydrogen) atoms. The van der Waals surface area contributed by atoms with Crippen molar-refractivity contribution in [3.63, 3.8) is 0 Å². The second-order valence-corrected chi connectivity index (χ2v) is 11.4. The fourth-order valence-corrected chi connectivity index (χ4v) is 6.39. The van der Waals surface area contributed by atoms with Crippen molar-refractivity contribution < 1.29 is 14.0 Å². The van der Waals surface area contributed by atoms with Crippen LogP contribution in [0.3, 0.4) is 0 Å². The van der Waals surface area contributed by atoms with Crippen LogP contribution < -0.4 is 0 Å². The van der Waals surface area contributed by atoms with Crippen molar-refractivity contribution in [2.75, 3.05) is 39.3 Å². The van der Waals surface area contributed by atoms with Gasteiger partial charge in [-0.25, -0.2) is 4.98 Å². The molecule has 7 rings (SSSR count). The number of nitrogens with zero attached hydrogens (tertiary/aromatic N) is 4. The summed E-state index contributed by atoms with van der Waals surface area (Å²) < 4.78 is 5.61. The van der Waals surface area contributed by atoms with E-state index in [1.165, 1.54) is 0 Å². The Morgan fingerprint density at radius 2 is 1.21 bits per heavy atom. The van der Waals surface area contributed by atoms with Crippen molar-refractivity contribution in [3.05, 3.63) is 114 Å². The zero-order chi connectivity index (χ0) is 29.2. The summed E-state index contributed by atoms with van der Waals surface area (Å²) in [5.41, 5.74) is 5.63. The molecule has 0 unspecified atom stereocenters. The zero-order valence-electron chi connectivity index (χ0n) is 24.1. The zero-order valence-corrected chi connectivity index (χ0v) is 24.1. The van der Waals surface area contributed by atoms with Crippen LogP contribution in [0.5, 0.6) is 0 Å². The molecule has 2 saturated heterocycles. The van der Waals surface area contributed by atoms with Gasteiger partial charge in [0.1, 0.15) is 11.8 Å². The number of rotatable bonds is 5. The Bertz CT molecular complexity index is 1680. The smallest absolute Gasteiger partial charge is 0.257 e. The van der Waals surface area contributed by atoms with E-state index in [0.717, 1.165) is 72.5 Å². The highest BCUT2D eigenvalue weighted by atomic mass is 16.3. The highest BCUT2D eigenvalue weighted by molar-refractivity contribution is 6.06. The van der Waals surface area contributed by atoms with Crippen LogP contribution in [0, 0.1) is 0 Å². The first-order valence-corrected chi connectivity index (χ1v) is 15.1. The maximum atomic E-state index is 13.8. The average molecular weight is 571 g/mol. The number of aromatic nitrogens is 1. The van der Waals surface area contributed by atoms with Gasteiger partial charge in [0.2, 0.25) is 0 Å². The SMILES string of the molecule is O=C(c1cc(-c2ccccc2)nc(-c2ccccc2)c1)N1CCN(C2CCN(C(=O)c3coc4ccccc34)CC2)CC1. The molecule has 2 aromatic heterocycles. The van der Waals surface area contributed by atoms with Gasteiger partial charge in [-0.3, -0.25) is 14.5 Å². The Labute approximate surface area is 251 Å². The Morgan fingerprint density at radius 1 is 0.651 bits per heavy atom. The summed E-state index contributed by atoms with van der Waals surface area (Å²) >= 11 is 0. The molecule has 216 valence electrons. The fourth-order valence-electron chi connectivity index (χ4n) is 6.39.